The van der Waals surface area contributed by atoms with Crippen molar-refractivity contribution < 1.29 is 19.3 Å². The Bertz CT molecular complexity index is 723. The van der Waals surface area contributed by atoms with E-state index in [9.17, 15) is 5.11 Å². The van der Waals surface area contributed by atoms with Crippen LogP contribution in [0.15, 0.2) is 18.2 Å². The van der Waals surface area contributed by atoms with Crippen LogP contribution in [0.5, 0.6) is 17.2 Å². The normalized spacial score (nSPS) is 32.6. The number of benzene rings is 1. The first-order chi connectivity index (χ1) is 14.3. The molecule has 0 radical (unpaired) electrons. The van der Waals surface area contributed by atoms with Crippen LogP contribution < -0.4 is 14.2 Å². The fourth-order valence-electron chi connectivity index (χ4n) is 6.48. The molecule has 2 fully saturated rings. The molecule has 4 heteroatoms. The van der Waals surface area contributed by atoms with E-state index in [0.717, 1.165) is 36.5 Å². The fraction of sp³-hybridized carbons (Fsp3) is 0.778. The molecule has 4 atom stereocenters. The highest BCUT2D eigenvalue weighted by Crippen LogP contribution is 2.62. The molecule has 0 aliphatic heterocycles. The van der Waals surface area contributed by atoms with Gasteiger partial charge < -0.3 is 19.3 Å². The molecule has 0 heterocycles. The standard InChI is InChI=1S/C27H44O4/c1-18(2)30-21-14-20(15-22(16-21)31-19(3)4)29-17-24-26(7)12-9-11-25(5,6)23(26)10-13-27(24,8)28/h14-16,18-19,23-24,28H,9-13,17H2,1-8H3/t23?,24-,26+,27-/m1/s1. The monoisotopic (exact) mass is 432 g/mol. The molecule has 0 bridgehead atoms. The van der Waals surface area contributed by atoms with Crippen LogP contribution >= 0.6 is 0 Å². The SMILES string of the molecule is CC(C)Oc1cc(OC[C@@H]2[C@@]3(C)CCCC(C)(C)C3CC[C@@]2(C)O)cc(OC(C)C)c1. The minimum Gasteiger partial charge on any atom is -0.493 e. The number of fused-ring (bicyclic) bond motifs is 1. The van der Waals surface area contributed by atoms with Crippen molar-refractivity contribution in [1.82, 2.24) is 0 Å². The minimum absolute atomic E-state index is 0.0744. The second-order valence-corrected chi connectivity index (χ2v) is 11.6. The molecule has 0 amide bonds. The van der Waals surface area contributed by atoms with E-state index < -0.39 is 5.60 Å². The van der Waals surface area contributed by atoms with Gasteiger partial charge in [0.2, 0.25) is 0 Å². The Labute approximate surface area is 189 Å². The highest BCUT2D eigenvalue weighted by Gasteiger charge is 2.58. The third kappa shape index (κ3) is 5.32. The van der Waals surface area contributed by atoms with Crippen molar-refractivity contribution in [3.8, 4) is 17.2 Å². The summed E-state index contributed by atoms with van der Waals surface area (Å²) in [5, 5.41) is 11.4. The van der Waals surface area contributed by atoms with E-state index >= 15 is 0 Å². The van der Waals surface area contributed by atoms with Gasteiger partial charge in [0.25, 0.3) is 0 Å². The number of ether oxygens (including phenoxy) is 3. The van der Waals surface area contributed by atoms with Gasteiger partial charge in [-0.05, 0) is 77.0 Å². The van der Waals surface area contributed by atoms with Gasteiger partial charge in [-0.1, -0.05) is 27.2 Å². The average molecular weight is 433 g/mol. The zero-order chi connectivity index (χ0) is 23.0. The van der Waals surface area contributed by atoms with E-state index in [0.29, 0.717) is 17.9 Å². The van der Waals surface area contributed by atoms with Crippen molar-refractivity contribution in [2.24, 2.45) is 22.7 Å². The molecule has 176 valence electrons. The van der Waals surface area contributed by atoms with E-state index in [1.54, 1.807) is 0 Å². The van der Waals surface area contributed by atoms with Crippen molar-refractivity contribution in [3.63, 3.8) is 0 Å². The van der Waals surface area contributed by atoms with Crippen molar-refractivity contribution in [2.45, 2.75) is 105 Å². The Hall–Kier alpha value is -1.42. The second-order valence-electron chi connectivity index (χ2n) is 11.6. The van der Waals surface area contributed by atoms with Crippen LogP contribution in [0.2, 0.25) is 0 Å². The Morgan fingerprint density at radius 2 is 1.42 bits per heavy atom. The van der Waals surface area contributed by atoms with Crippen LogP contribution in [0.25, 0.3) is 0 Å². The lowest BCUT2D eigenvalue weighted by Crippen LogP contribution is -2.59. The summed E-state index contributed by atoms with van der Waals surface area (Å²) < 4.78 is 18.3. The first kappa shape index (κ1) is 24.2. The van der Waals surface area contributed by atoms with E-state index in [1.165, 1.54) is 12.8 Å². The molecule has 1 unspecified atom stereocenters. The number of rotatable bonds is 7. The van der Waals surface area contributed by atoms with Crippen molar-refractivity contribution in [1.29, 1.82) is 0 Å². The molecule has 2 aliphatic rings. The summed E-state index contributed by atoms with van der Waals surface area (Å²) in [4.78, 5) is 0. The molecule has 2 aliphatic carbocycles. The van der Waals surface area contributed by atoms with Gasteiger partial charge in [-0.2, -0.15) is 0 Å². The lowest BCUT2D eigenvalue weighted by atomic mass is 9.46. The minimum atomic E-state index is -0.720. The van der Waals surface area contributed by atoms with Crippen molar-refractivity contribution in [2.75, 3.05) is 6.61 Å². The van der Waals surface area contributed by atoms with Gasteiger partial charge in [0, 0.05) is 24.1 Å². The topological polar surface area (TPSA) is 47.9 Å². The predicted octanol–water partition coefficient (Wildman–Crippen LogP) is 6.63. The van der Waals surface area contributed by atoms with Crippen molar-refractivity contribution >= 4 is 0 Å². The summed E-state index contributed by atoms with van der Waals surface area (Å²) in [5.74, 6) is 2.94. The highest BCUT2D eigenvalue weighted by molar-refractivity contribution is 5.42. The van der Waals surface area contributed by atoms with Crippen LogP contribution in [0.4, 0.5) is 0 Å². The van der Waals surface area contributed by atoms with E-state index in [4.69, 9.17) is 14.2 Å². The number of aliphatic hydroxyl groups is 1. The molecular formula is C27H44O4. The van der Waals surface area contributed by atoms with Crippen LogP contribution in [0.3, 0.4) is 0 Å². The van der Waals surface area contributed by atoms with Gasteiger partial charge >= 0.3 is 0 Å². The lowest BCUT2D eigenvalue weighted by molar-refractivity contribution is -0.176. The first-order valence-corrected chi connectivity index (χ1v) is 12.2. The lowest BCUT2D eigenvalue weighted by Gasteiger charge is -2.60. The molecule has 0 spiro atoms. The average Bonchev–Trinajstić information content (AvgIpc) is 2.58. The van der Waals surface area contributed by atoms with Crippen LogP contribution in [0, 0.1) is 22.7 Å². The smallest absolute Gasteiger partial charge is 0.127 e. The quantitative estimate of drug-likeness (QED) is 0.525. The maximum Gasteiger partial charge on any atom is 0.127 e. The van der Waals surface area contributed by atoms with E-state index in [-0.39, 0.29) is 23.5 Å². The Morgan fingerprint density at radius 3 is 1.97 bits per heavy atom. The summed E-state index contributed by atoms with van der Waals surface area (Å²) in [6.07, 6.45) is 5.73. The van der Waals surface area contributed by atoms with Gasteiger partial charge in [0.1, 0.15) is 17.2 Å². The third-order valence-corrected chi connectivity index (χ3v) is 7.78. The molecule has 1 aromatic carbocycles. The summed E-state index contributed by atoms with van der Waals surface area (Å²) in [7, 11) is 0. The summed E-state index contributed by atoms with van der Waals surface area (Å²) in [5.41, 5.74) is -0.334. The maximum atomic E-state index is 11.4. The molecule has 0 aromatic heterocycles. The predicted molar refractivity (Wildman–Crippen MR) is 126 cm³/mol. The summed E-state index contributed by atoms with van der Waals surface area (Å²) in [6.45, 7) is 17.8. The number of hydrogen-bond acceptors (Lipinski definition) is 4. The molecule has 31 heavy (non-hydrogen) atoms. The van der Waals surface area contributed by atoms with Crippen LogP contribution in [-0.2, 0) is 0 Å². The van der Waals surface area contributed by atoms with Crippen molar-refractivity contribution in [3.05, 3.63) is 18.2 Å². The molecule has 3 rings (SSSR count). The fourth-order valence-corrected chi connectivity index (χ4v) is 6.48. The van der Waals surface area contributed by atoms with Crippen LogP contribution in [0.1, 0.15) is 87.5 Å². The molecule has 2 saturated carbocycles. The molecule has 0 saturated heterocycles. The van der Waals surface area contributed by atoms with Gasteiger partial charge in [-0.25, -0.2) is 0 Å². The zero-order valence-corrected chi connectivity index (χ0v) is 21.0. The maximum absolute atomic E-state index is 11.4. The first-order valence-electron chi connectivity index (χ1n) is 12.2. The van der Waals surface area contributed by atoms with Gasteiger partial charge in [-0.15, -0.1) is 0 Å². The van der Waals surface area contributed by atoms with E-state index in [2.05, 4.69) is 20.8 Å². The van der Waals surface area contributed by atoms with Gasteiger partial charge in [0.05, 0.1) is 24.4 Å². The van der Waals surface area contributed by atoms with Gasteiger partial charge in [0.15, 0.2) is 0 Å². The number of hydrogen-bond donors (Lipinski definition) is 1. The Morgan fingerprint density at radius 1 is 0.871 bits per heavy atom. The third-order valence-electron chi connectivity index (χ3n) is 7.78. The van der Waals surface area contributed by atoms with Gasteiger partial charge in [-0.3, -0.25) is 0 Å². The highest BCUT2D eigenvalue weighted by atomic mass is 16.5. The molecule has 4 nitrogen and oxygen atoms in total. The molecule has 1 aromatic rings. The second kappa shape index (κ2) is 8.84. The largest absolute Gasteiger partial charge is 0.493 e. The zero-order valence-electron chi connectivity index (χ0n) is 21.0. The Balaban J connectivity index is 1.85. The van der Waals surface area contributed by atoms with Crippen LogP contribution in [-0.4, -0.2) is 29.5 Å². The summed E-state index contributed by atoms with van der Waals surface area (Å²) >= 11 is 0. The Kier molecular flexibility index (Phi) is 6.91. The molecule has 1 N–H and O–H groups in total. The molecular weight excluding hydrogens is 388 g/mol. The van der Waals surface area contributed by atoms with E-state index in [1.807, 2.05) is 52.8 Å². The summed E-state index contributed by atoms with van der Waals surface area (Å²) in [6, 6.07) is 5.80.